The highest BCUT2D eigenvalue weighted by atomic mass is 32.1. The van der Waals surface area contributed by atoms with Crippen LogP contribution in [0.15, 0.2) is 54.6 Å². The maximum Gasteiger partial charge on any atom is 0.177 e. The normalized spacial score (nSPS) is 10.5. The largest absolute Gasteiger partial charge is 0.332 e. The molecule has 0 aliphatic rings. The first kappa shape index (κ1) is 15.5. The van der Waals surface area contributed by atoms with E-state index in [2.05, 4.69) is 67.4 Å². The monoisotopic (exact) mass is 298 g/mol. The number of nitrogens with zero attached hydrogens (tertiary/aromatic N) is 1. The summed E-state index contributed by atoms with van der Waals surface area (Å²) in [7, 11) is 0. The van der Waals surface area contributed by atoms with Crippen LogP contribution in [0.25, 0.3) is 0 Å². The third-order valence-electron chi connectivity index (χ3n) is 3.43. The number of rotatable bonds is 4. The van der Waals surface area contributed by atoms with Gasteiger partial charge >= 0.3 is 0 Å². The molecular weight excluding hydrogens is 276 g/mol. The van der Waals surface area contributed by atoms with Crippen LogP contribution in [0.5, 0.6) is 0 Å². The number of benzene rings is 2. The lowest BCUT2D eigenvalue weighted by atomic mass is 10.0. The molecule has 1 N–H and O–H groups in total. The zero-order chi connectivity index (χ0) is 15.2. The van der Waals surface area contributed by atoms with Gasteiger partial charge in [0.1, 0.15) is 0 Å². The number of anilines is 2. The standard InChI is InChI=1S/C18H22N2S/c1-4-20(17-11-6-5-7-12-17)18(21)19-16-10-8-9-15(13-16)14(2)3/h5-14H,4H2,1-3H3,(H,19,21). The van der Waals surface area contributed by atoms with Crippen LogP contribution in [0.1, 0.15) is 32.3 Å². The van der Waals surface area contributed by atoms with Crippen molar-refractivity contribution in [1.29, 1.82) is 0 Å². The Hall–Kier alpha value is -1.87. The minimum Gasteiger partial charge on any atom is -0.332 e. The molecule has 0 heterocycles. The van der Waals surface area contributed by atoms with Crippen LogP contribution in [-0.2, 0) is 0 Å². The van der Waals surface area contributed by atoms with E-state index in [9.17, 15) is 0 Å². The number of hydrogen-bond acceptors (Lipinski definition) is 1. The van der Waals surface area contributed by atoms with E-state index in [0.29, 0.717) is 5.92 Å². The molecule has 21 heavy (non-hydrogen) atoms. The number of nitrogens with one attached hydrogen (secondary N) is 1. The van der Waals surface area contributed by atoms with Gasteiger partial charge in [0.2, 0.25) is 0 Å². The minimum atomic E-state index is 0.511. The maximum absolute atomic E-state index is 5.56. The van der Waals surface area contributed by atoms with Crippen LogP contribution in [0.3, 0.4) is 0 Å². The van der Waals surface area contributed by atoms with Gasteiger partial charge < -0.3 is 10.2 Å². The summed E-state index contributed by atoms with van der Waals surface area (Å²) in [6.07, 6.45) is 0. The Kier molecular flexibility index (Phi) is 5.34. The Bertz CT molecular complexity index is 593. The zero-order valence-corrected chi connectivity index (χ0v) is 13.7. The van der Waals surface area contributed by atoms with Crippen molar-refractivity contribution in [2.24, 2.45) is 0 Å². The molecule has 0 saturated carbocycles. The number of thiocarbonyl (C=S) groups is 1. The number of para-hydroxylation sites is 1. The van der Waals surface area contributed by atoms with E-state index in [4.69, 9.17) is 12.2 Å². The van der Waals surface area contributed by atoms with Gasteiger partial charge in [-0.3, -0.25) is 0 Å². The van der Waals surface area contributed by atoms with Gasteiger partial charge in [-0.05, 0) is 54.9 Å². The van der Waals surface area contributed by atoms with E-state index >= 15 is 0 Å². The van der Waals surface area contributed by atoms with Crippen molar-refractivity contribution >= 4 is 28.7 Å². The molecule has 2 nitrogen and oxygen atoms in total. The Morgan fingerprint density at radius 2 is 1.81 bits per heavy atom. The molecule has 0 fully saturated rings. The van der Waals surface area contributed by atoms with Gasteiger partial charge in [0.05, 0.1) is 0 Å². The molecule has 3 heteroatoms. The van der Waals surface area contributed by atoms with Crippen LogP contribution in [0, 0.1) is 0 Å². The van der Waals surface area contributed by atoms with Crippen molar-refractivity contribution in [3.05, 3.63) is 60.2 Å². The fourth-order valence-corrected chi connectivity index (χ4v) is 2.57. The van der Waals surface area contributed by atoms with E-state index in [-0.39, 0.29) is 0 Å². The molecule has 0 bridgehead atoms. The van der Waals surface area contributed by atoms with Crippen LogP contribution in [0.2, 0.25) is 0 Å². The molecule has 0 amide bonds. The summed E-state index contributed by atoms with van der Waals surface area (Å²) < 4.78 is 0. The predicted molar refractivity (Wildman–Crippen MR) is 96.2 cm³/mol. The fraction of sp³-hybridized carbons (Fsp3) is 0.278. The molecule has 2 rings (SSSR count). The summed E-state index contributed by atoms with van der Waals surface area (Å²) in [6.45, 7) is 7.32. The van der Waals surface area contributed by atoms with E-state index in [0.717, 1.165) is 23.0 Å². The third kappa shape index (κ3) is 4.05. The Labute approximate surface area is 132 Å². The second-order valence-corrected chi connectivity index (χ2v) is 5.68. The van der Waals surface area contributed by atoms with Crippen molar-refractivity contribution in [2.75, 3.05) is 16.8 Å². The first-order valence-corrected chi connectivity index (χ1v) is 7.76. The summed E-state index contributed by atoms with van der Waals surface area (Å²) in [5.41, 5.74) is 3.46. The van der Waals surface area contributed by atoms with Gasteiger partial charge in [-0.15, -0.1) is 0 Å². The third-order valence-corrected chi connectivity index (χ3v) is 3.76. The second-order valence-electron chi connectivity index (χ2n) is 5.29. The lowest BCUT2D eigenvalue weighted by Gasteiger charge is -2.24. The van der Waals surface area contributed by atoms with Crippen LogP contribution in [0.4, 0.5) is 11.4 Å². The van der Waals surface area contributed by atoms with Crippen LogP contribution in [-0.4, -0.2) is 11.7 Å². The molecule has 2 aromatic rings. The molecule has 0 radical (unpaired) electrons. The topological polar surface area (TPSA) is 15.3 Å². The summed E-state index contributed by atoms with van der Waals surface area (Å²) in [4.78, 5) is 2.09. The van der Waals surface area contributed by atoms with Crippen LogP contribution >= 0.6 is 12.2 Å². The molecule has 2 aromatic carbocycles. The van der Waals surface area contributed by atoms with Crippen molar-refractivity contribution in [2.45, 2.75) is 26.7 Å². The van der Waals surface area contributed by atoms with Gasteiger partial charge in [-0.25, -0.2) is 0 Å². The van der Waals surface area contributed by atoms with Crippen molar-refractivity contribution < 1.29 is 0 Å². The lowest BCUT2D eigenvalue weighted by Crippen LogP contribution is -2.34. The second kappa shape index (κ2) is 7.23. The average Bonchev–Trinajstić information content (AvgIpc) is 2.49. The predicted octanol–water partition coefficient (Wildman–Crippen LogP) is 5.03. The van der Waals surface area contributed by atoms with Crippen molar-refractivity contribution in [3.8, 4) is 0 Å². The summed E-state index contributed by atoms with van der Waals surface area (Å²) in [6, 6.07) is 18.6. The summed E-state index contributed by atoms with van der Waals surface area (Å²) >= 11 is 5.56. The van der Waals surface area contributed by atoms with E-state index < -0.39 is 0 Å². The molecule has 0 aromatic heterocycles. The highest BCUT2D eigenvalue weighted by molar-refractivity contribution is 7.80. The van der Waals surface area contributed by atoms with Gasteiger partial charge in [0.25, 0.3) is 0 Å². The molecule has 0 spiro atoms. The summed E-state index contributed by atoms with van der Waals surface area (Å²) in [5, 5.41) is 4.07. The van der Waals surface area contributed by atoms with Crippen LogP contribution < -0.4 is 10.2 Å². The molecule has 0 saturated heterocycles. The van der Waals surface area contributed by atoms with Crippen molar-refractivity contribution in [3.63, 3.8) is 0 Å². The van der Waals surface area contributed by atoms with Gasteiger partial charge in [-0.2, -0.15) is 0 Å². The fourth-order valence-electron chi connectivity index (χ4n) is 2.22. The quantitative estimate of drug-likeness (QED) is 0.797. The summed E-state index contributed by atoms with van der Waals surface area (Å²) in [5.74, 6) is 0.511. The SMILES string of the molecule is CCN(C(=S)Nc1cccc(C(C)C)c1)c1ccccc1. The Balaban J connectivity index is 2.15. The molecule has 0 aliphatic heterocycles. The van der Waals surface area contributed by atoms with E-state index in [1.54, 1.807) is 0 Å². The first-order chi connectivity index (χ1) is 10.1. The molecule has 0 aliphatic carbocycles. The Morgan fingerprint density at radius 1 is 1.10 bits per heavy atom. The van der Waals surface area contributed by atoms with Gasteiger partial charge in [-0.1, -0.05) is 44.2 Å². The molecular formula is C18H22N2S. The molecule has 110 valence electrons. The highest BCUT2D eigenvalue weighted by Gasteiger charge is 2.10. The smallest absolute Gasteiger partial charge is 0.177 e. The van der Waals surface area contributed by atoms with E-state index in [1.807, 2.05) is 18.2 Å². The van der Waals surface area contributed by atoms with E-state index in [1.165, 1.54) is 5.56 Å². The zero-order valence-electron chi connectivity index (χ0n) is 12.8. The number of hydrogen-bond donors (Lipinski definition) is 1. The maximum atomic E-state index is 5.56. The highest BCUT2D eigenvalue weighted by Crippen LogP contribution is 2.20. The minimum absolute atomic E-state index is 0.511. The van der Waals surface area contributed by atoms with Crippen molar-refractivity contribution in [1.82, 2.24) is 0 Å². The first-order valence-electron chi connectivity index (χ1n) is 7.35. The molecule has 0 atom stereocenters. The van der Waals surface area contributed by atoms with Gasteiger partial charge in [0, 0.05) is 17.9 Å². The Morgan fingerprint density at radius 3 is 2.43 bits per heavy atom. The molecule has 0 unspecified atom stereocenters. The lowest BCUT2D eigenvalue weighted by molar-refractivity contribution is 0.867. The average molecular weight is 298 g/mol. The van der Waals surface area contributed by atoms with Gasteiger partial charge in [0.15, 0.2) is 5.11 Å².